The molecule has 0 saturated heterocycles. The van der Waals surface area contributed by atoms with E-state index in [1.54, 1.807) is 44.3 Å². The van der Waals surface area contributed by atoms with Crippen LogP contribution in [0.5, 0.6) is 5.75 Å². The van der Waals surface area contributed by atoms with E-state index in [1.165, 1.54) is 22.2 Å². The molecule has 0 spiro atoms. The van der Waals surface area contributed by atoms with Crippen LogP contribution in [-0.4, -0.2) is 67.5 Å². The summed E-state index contributed by atoms with van der Waals surface area (Å²) in [6.45, 7) is 5.10. The lowest BCUT2D eigenvalue weighted by molar-refractivity contribution is -0.129. The number of benzene rings is 2. The second-order valence-corrected chi connectivity index (χ2v) is 10.4. The van der Waals surface area contributed by atoms with Crippen LogP contribution in [0.3, 0.4) is 0 Å². The van der Waals surface area contributed by atoms with Crippen molar-refractivity contribution in [3.63, 3.8) is 0 Å². The lowest BCUT2D eigenvalue weighted by Gasteiger charge is -2.37. The van der Waals surface area contributed by atoms with Gasteiger partial charge in [-0.1, -0.05) is 25.1 Å². The lowest BCUT2D eigenvalue weighted by Crippen LogP contribution is -2.50. The fourth-order valence-corrected chi connectivity index (χ4v) is 5.62. The number of amides is 1. The molecule has 0 bridgehead atoms. The number of hydrogen-bond donors (Lipinski definition) is 1. The monoisotopic (exact) mass is 471 g/mol. The summed E-state index contributed by atoms with van der Waals surface area (Å²) in [6, 6.07) is 13.3. The van der Waals surface area contributed by atoms with Gasteiger partial charge in [-0.3, -0.25) is 4.79 Å². The average molecular weight is 472 g/mol. The highest BCUT2D eigenvalue weighted by Crippen LogP contribution is 2.36. The first-order valence-corrected chi connectivity index (χ1v) is 12.2. The first kappa shape index (κ1) is 24.7. The molecule has 9 heteroatoms. The highest BCUT2D eigenvalue weighted by Gasteiger charge is 2.38. The van der Waals surface area contributed by atoms with Crippen molar-refractivity contribution in [3.05, 3.63) is 48.0 Å². The molecule has 8 nitrogen and oxygen atoms in total. The van der Waals surface area contributed by atoms with Crippen LogP contribution in [0.25, 0.3) is 11.1 Å². The maximum Gasteiger partial charge on any atom is 0.247 e. The third-order valence-corrected chi connectivity index (χ3v) is 8.00. The molecule has 2 aromatic carbocycles. The zero-order valence-electron chi connectivity index (χ0n) is 19.2. The predicted molar refractivity (Wildman–Crippen MR) is 124 cm³/mol. The third kappa shape index (κ3) is 5.19. The van der Waals surface area contributed by atoms with Crippen molar-refractivity contribution in [2.45, 2.75) is 37.8 Å². The van der Waals surface area contributed by atoms with Gasteiger partial charge in [-0.25, -0.2) is 8.42 Å². The van der Waals surface area contributed by atoms with Crippen LogP contribution in [0, 0.1) is 17.2 Å². The summed E-state index contributed by atoms with van der Waals surface area (Å²) in [6.07, 6.45) is -0.470. The molecular weight excluding hydrogens is 442 g/mol. The Morgan fingerprint density at radius 3 is 2.64 bits per heavy atom. The van der Waals surface area contributed by atoms with Crippen molar-refractivity contribution in [2.75, 3.05) is 26.7 Å². The van der Waals surface area contributed by atoms with Gasteiger partial charge in [0.25, 0.3) is 0 Å². The summed E-state index contributed by atoms with van der Waals surface area (Å²) < 4.78 is 34.6. The van der Waals surface area contributed by atoms with Crippen molar-refractivity contribution in [3.8, 4) is 22.9 Å². The second kappa shape index (κ2) is 9.91. The standard InChI is InChI=1S/C24H29N3O5S/c1-16-13-27(17(2)15-28)33(30,31)24-9-8-21(20-7-5-6-19(10-20)12-25)11-22(24)32-23(16)14-26(4)18(3)29/h5-11,16-17,23,28H,13-15H2,1-4H3/t16-,17+,23+/m1/s1. The van der Waals surface area contributed by atoms with Gasteiger partial charge in [0.2, 0.25) is 15.9 Å². The minimum absolute atomic E-state index is 0.00497. The fourth-order valence-electron chi connectivity index (χ4n) is 3.79. The van der Waals surface area contributed by atoms with Gasteiger partial charge in [0, 0.05) is 32.5 Å². The molecular formula is C24H29N3O5S. The minimum Gasteiger partial charge on any atom is -0.487 e. The van der Waals surface area contributed by atoms with E-state index in [-0.39, 0.29) is 42.2 Å². The molecule has 0 saturated carbocycles. The number of carbonyl (C=O) groups excluding carboxylic acids is 1. The Balaban J connectivity index is 2.15. The topological polar surface area (TPSA) is 111 Å². The van der Waals surface area contributed by atoms with Crippen molar-refractivity contribution < 1.29 is 23.1 Å². The number of aliphatic hydroxyl groups is 1. The van der Waals surface area contributed by atoms with E-state index in [0.29, 0.717) is 11.1 Å². The van der Waals surface area contributed by atoms with Gasteiger partial charge in [0.15, 0.2) is 0 Å². The first-order chi connectivity index (χ1) is 15.6. The van der Waals surface area contributed by atoms with Gasteiger partial charge < -0.3 is 14.7 Å². The van der Waals surface area contributed by atoms with E-state index in [0.717, 1.165) is 5.56 Å². The van der Waals surface area contributed by atoms with E-state index >= 15 is 0 Å². The zero-order chi connectivity index (χ0) is 24.3. The van der Waals surface area contributed by atoms with Crippen LogP contribution in [0.15, 0.2) is 47.4 Å². The first-order valence-electron chi connectivity index (χ1n) is 10.7. The molecule has 1 amide bonds. The van der Waals surface area contributed by atoms with E-state index in [1.807, 2.05) is 13.0 Å². The quantitative estimate of drug-likeness (QED) is 0.717. The molecule has 1 aliphatic rings. The predicted octanol–water partition coefficient (Wildman–Crippen LogP) is 2.47. The highest BCUT2D eigenvalue weighted by molar-refractivity contribution is 7.89. The summed E-state index contributed by atoms with van der Waals surface area (Å²) >= 11 is 0. The molecule has 0 unspecified atom stereocenters. The Morgan fingerprint density at radius 1 is 1.30 bits per heavy atom. The Bertz CT molecular complexity index is 1170. The molecule has 0 fully saturated rings. The number of hydrogen-bond acceptors (Lipinski definition) is 6. The van der Waals surface area contributed by atoms with Gasteiger partial charge in [-0.2, -0.15) is 9.57 Å². The molecule has 3 atom stereocenters. The normalized spacial score (nSPS) is 21.0. The Hall–Kier alpha value is -2.93. The maximum atomic E-state index is 13.5. The maximum absolute atomic E-state index is 13.5. The number of aliphatic hydroxyl groups excluding tert-OH is 1. The van der Waals surface area contributed by atoms with Gasteiger partial charge in [0.05, 0.1) is 24.8 Å². The number of carbonyl (C=O) groups is 1. The van der Waals surface area contributed by atoms with Crippen molar-refractivity contribution in [1.29, 1.82) is 5.26 Å². The highest BCUT2D eigenvalue weighted by atomic mass is 32.2. The number of nitriles is 1. The molecule has 0 aliphatic carbocycles. The van der Waals surface area contributed by atoms with Crippen LogP contribution in [0.1, 0.15) is 26.3 Å². The molecule has 0 aromatic heterocycles. The lowest BCUT2D eigenvalue weighted by atomic mass is 10.0. The summed E-state index contributed by atoms with van der Waals surface area (Å²) in [7, 11) is -2.28. The minimum atomic E-state index is -3.95. The largest absolute Gasteiger partial charge is 0.487 e. The van der Waals surface area contributed by atoms with Gasteiger partial charge in [-0.05, 0) is 42.3 Å². The number of rotatable bonds is 5. The fraction of sp³-hybridized carbons (Fsp3) is 0.417. The van der Waals surface area contributed by atoms with Crippen LogP contribution < -0.4 is 4.74 Å². The molecule has 3 rings (SSSR count). The molecule has 1 heterocycles. The van der Waals surface area contributed by atoms with Crippen molar-refractivity contribution >= 4 is 15.9 Å². The molecule has 176 valence electrons. The van der Waals surface area contributed by atoms with Crippen molar-refractivity contribution in [1.82, 2.24) is 9.21 Å². The molecule has 1 N–H and O–H groups in total. The molecule has 33 heavy (non-hydrogen) atoms. The number of fused-ring (bicyclic) bond motifs is 1. The van der Waals surface area contributed by atoms with Crippen LogP contribution in [-0.2, 0) is 14.8 Å². The Kier molecular flexibility index (Phi) is 7.42. The molecule has 0 radical (unpaired) electrons. The second-order valence-electron chi connectivity index (χ2n) is 8.49. The number of ether oxygens (including phenoxy) is 1. The molecule has 2 aromatic rings. The van der Waals surface area contributed by atoms with E-state index < -0.39 is 22.2 Å². The van der Waals surface area contributed by atoms with E-state index in [9.17, 15) is 23.6 Å². The van der Waals surface area contributed by atoms with E-state index in [4.69, 9.17) is 4.74 Å². The Labute approximate surface area is 195 Å². The van der Waals surface area contributed by atoms with Gasteiger partial charge in [0.1, 0.15) is 16.7 Å². The average Bonchev–Trinajstić information content (AvgIpc) is 2.80. The number of likely N-dealkylation sites (N-methyl/N-ethyl adjacent to an activating group) is 1. The Morgan fingerprint density at radius 2 is 2.00 bits per heavy atom. The molecule has 1 aliphatic heterocycles. The third-order valence-electron chi connectivity index (χ3n) is 5.98. The van der Waals surface area contributed by atoms with E-state index in [2.05, 4.69) is 6.07 Å². The smallest absolute Gasteiger partial charge is 0.247 e. The number of nitrogens with zero attached hydrogens (tertiary/aromatic N) is 3. The summed E-state index contributed by atoms with van der Waals surface area (Å²) in [5.74, 6) is -0.198. The van der Waals surface area contributed by atoms with Gasteiger partial charge >= 0.3 is 0 Å². The summed E-state index contributed by atoms with van der Waals surface area (Å²) in [5, 5.41) is 18.9. The van der Waals surface area contributed by atoms with Gasteiger partial charge in [-0.15, -0.1) is 0 Å². The number of sulfonamides is 1. The van der Waals surface area contributed by atoms with Crippen LogP contribution in [0.4, 0.5) is 0 Å². The zero-order valence-corrected chi connectivity index (χ0v) is 20.0. The van der Waals surface area contributed by atoms with Crippen LogP contribution >= 0.6 is 0 Å². The summed E-state index contributed by atoms with van der Waals surface area (Å²) in [5.41, 5.74) is 1.95. The van der Waals surface area contributed by atoms with Crippen molar-refractivity contribution in [2.24, 2.45) is 5.92 Å². The SMILES string of the molecule is CC(=O)N(C)C[C@@H]1Oc2cc(-c3cccc(C#N)c3)ccc2S(=O)(=O)N([C@@H](C)CO)C[C@H]1C. The van der Waals surface area contributed by atoms with Crippen LogP contribution in [0.2, 0.25) is 0 Å². The summed E-state index contributed by atoms with van der Waals surface area (Å²) in [4.78, 5) is 13.4.